The highest BCUT2D eigenvalue weighted by Gasteiger charge is 2.33. The van der Waals surface area contributed by atoms with Gasteiger partial charge < -0.3 is 14.4 Å². The number of hydrogen-bond acceptors (Lipinski definition) is 6. The summed E-state index contributed by atoms with van der Waals surface area (Å²) in [4.78, 5) is 21.5. The third kappa shape index (κ3) is 5.17. The van der Waals surface area contributed by atoms with E-state index in [1.165, 1.54) is 6.21 Å². The molecule has 1 aliphatic heterocycles. The van der Waals surface area contributed by atoms with Crippen LogP contribution in [0.3, 0.4) is 0 Å². The van der Waals surface area contributed by atoms with Gasteiger partial charge in [-0.15, -0.1) is 0 Å². The first-order chi connectivity index (χ1) is 12.2. The Balaban J connectivity index is 2.38. The molecule has 6 nitrogen and oxygen atoms in total. The molecule has 1 fully saturated rings. The van der Waals surface area contributed by atoms with Gasteiger partial charge in [0.1, 0.15) is 11.6 Å². The number of carbonyl (C=O) groups excluding carboxylic acids is 1. The maximum Gasteiger partial charge on any atom is 0.393 e. The van der Waals surface area contributed by atoms with Gasteiger partial charge in [0, 0.05) is 31.4 Å². The molecule has 0 saturated carbocycles. The van der Waals surface area contributed by atoms with Crippen LogP contribution in [0, 0.1) is 6.92 Å². The van der Waals surface area contributed by atoms with E-state index in [9.17, 15) is 18.0 Å². The summed E-state index contributed by atoms with van der Waals surface area (Å²) in [5.41, 5.74) is 1.00. The molecule has 0 aliphatic carbocycles. The fraction of sp³-hybridized carbons (Fsp3) is 0.588. The Morgan fingerprint density at radius 3 is 2.85 bits per heavy atom. The van der Waals surface area contributed by atoms with Gasteiger partial charge in [0.25, 0.3) is 0 Å². The molecular formula is C17H22F3N3O3. The average molecular weight is 373 g/mol. The van der Waals surface area contributed by atoms with Gasteiger partial charge in [-0.1, -0.05) is 0 Å². The van der Waals surface area contributed by atoms with Crippen molar-refractivity contribution in [2.75, 3.05) is 31.7 Å². The van der Waals surface area contributed by atoms with Crippen molar-refractivity contribution in [2.24, 2.45) is 4.99 Å². The summed E-state index contributed by atoms with van der Waals surface area (Å²) in [7, 11) is 1.57. The van der Waals surface area contributed by atoms with Gasteiger partial charge >= 0.3 is 6.18 Å². The van der Waals surface area contributed by atoms with Crippen LogP contribution in [-0.2, 0) is 9.53 Å². The van der Waals surface area contributed by atoms with Gasteiger partial charge in [0.2, 0.25) is 0 Å². The molecule has 1 aromatic rings. The molecule has 26 heavy (non-hydrogen) atoms. The molecule has 1 saturated heterocycles. The van der Waals surface area contributed by atoms with Crippen molar-refractivity contribution in [1.29, 1.82) is 0 Å². The number of aldehydes is 1. The molecule has 0 N–H and O–H groups in total. The standard InChI is InChI=1S/C17H22F3N3O3/c1-11-10-25-5-4-23(11)16-6-15(12(2)14(22-16)8-21-3)26-13(9-24)7-17(18,19)20/h6,8-9,11,13H,4-5,7,10H2,1-3H3/t11-,13?/m1/s1. The van der Waals surface area contributed by atoms with Gasteiger partial charge in [-0.05, 0) is 13.8 Å². The molecule has 0 amide bonds. The topological polar surface area (TPSA) is 64.0 Å². The normalized spacial score (nSPS) is 19.6. The van der Waals surface area contributed by atoms with Crippen LogP contribution in [0.4, 0.5) is 19.0 Å². The fourth-order valence-corrected chi connectivity index (χ4v) is 2.69. The van der Waals surface area contributed by atoms with E-state index in [1.807, 2.05) is 11.8 Å². The SMILES string of the molecule is CN=Cc1nc(N2CCOC[C@H]2C)cc(OC(C=O)CC(F)(F)F)c1C. The van der Waals surface area contributed by atoms with Crippen LogP contribution in [0.2, 0.25) is 0 Å². The quantitative estimate of drug-likeness (QED) is 0.567. The molecule has 0 bridgehead atoms. The van der Waals surface area contributed by atoms with Gasteiger partial charge in [0.05, 0.1) is 31.4 Å². The van der Waals surface area contributed by atoms with E-state index in [1.54, 1.807) is 20.0 Å². The van der Waals surface area contributed by atoms with Crippen molar-refractivity contribution >= 4 is 18.3 Å². The lowest BCUT2D eigenvalue weighted by Gasteiger charge is -2.34. The van der Waals surface area contributed by atoms with Crippen LogP contribution >= 0.6 is 0 Å². The monoisotopic (exact) mass is 373 g/mol. The van der Waals surface area contributed by atoms with Crippen LogP contribution in [-0.4, -0.2) is 62.6 Å². The average Bonchev–Trinajstić information content (AvgIpc) is 2.57. The third-order valence-corrected chi connectivity index (χ3v) is 4.03. The second kappa shape index (κ2) is 8.48. The minimum absolute atomic E-state index is 0.0512. The van der Waals surface area contributed by atoms with E-state index in [0.29, 0.717) is 36.8 Å². The summed E-state index contributed by atoms with van der Waals surface area (Å²) < 4.78 is 48.6. The smallest absolute Gasteiger partial charge is 0.393 e. The van der Waals surface area contributed by atoms with E-state index in [-0.39, 0.29) is 18.1 Å². The van der Waals surface area contributed by atoms with E-state index in [0.717, 1.165) is 0 Å². The van der Waals surface area contributed by atoms with Crippen molar-refractivity contribution in [3.63, 3.8) is 0 Å². The molecule has 0 spiro atoms. The predicted octanol–water partition coefficient (Wildman–Crippen LogP) is 2.56. The molecule has 9 heteroatoms. The zero-order valence-corrected chi connectivity index (χ0v) is 14.9. The number of carbonyl (C=O) groups is 1. The molecular weight excluding hydrogens is 351 g/mol. The number of morpholine rings is 1. The van der Waals surface area contributed by atoms with Crippen LogP contribution in [0.15, 0.2) is 11.1 Å². The zero-order valence-electron chi connectivity index (χ0n) is 14.9. The highest BCUT2D eigenvalue weighted by Crippen LogP contribution is 2.30. The molecule has 1 aromatic heterocycles. The second-order valence-corrected chi connectivity index (χ2v) is 6.11. The molecule has 0 aromatic carbocycles. The van der Waals surface area contributed by atoms with Gasteiger partial charge in [0.15, 0.2) is 12.4 Å². The number of halogens is 3. The molecule has 1 aliphatic rings. The molecule has 144 valence electrons. The third-order valence-electron chi connectivity index (χ3n) is 4.03. The first kappa shape index (κ1) is 20.2. The lowest BCUT2D eigenvalue weighted by Crippen LogP contribution is -2.44. The summed E-state index contributed by atoms with van der Waals surface area (Å²) >= 11 is 0. The fourth-order valence-electron chi connectivity index (χ4n) is 2.69. The summed E-state index contributed by atoms with van der Waals surface area (Å²) in [6.07, 6.45) is -5.79. The largest absolute Gasteiger partial charge is 0.482 e. The number of hydrogen-bond donors (Lipinski definition) is 0. The van der Waals surface area contributed by atoms with E-state index in [4.69, 9.17) is 9.47 Å². The first-order valence-electron chi connectivity index (χ1n) is 8.22. The van der Waals surface area contributed by atoms with E-state index in [2.05, 4.69) is 9.98 Å². The summed E-state index contributed by atoms with van der Waals surface area (Å²) in [5.74, 6) is 0.734. The van der Waals surface area contributed by atoms with E-state index >= 15 is 0 Å². The number of aliphatic imine (C=N–C) groups is 1. The minimum atomic E-state index is -4.50. The van der Waals surface area contributed by atoms with Gasteiger partial charge in [-0.2, -0.15) is 13.2 Å². The second-order valence-electron chi connectivity index (χ2n) is 6.11. The summed E-state index contributed by atoms with van der Waals surface area (Å²) in [6, 6.07) is 1.62. The molecule has 1 unspecified atom stereocenters. The Kier molecular flexibility index (Phi) is 6.57. The summed E-state index contributed by atoms with van der Waals surface area (Å²) in [5, 5.41) is 0. The Labute approximate surface area is 150 Å². The van der Waals surface area contributed by atoms with Crippen molar-refractivity contribution in [2.45, 2.75) is 38.6 Å². The number of pyridine rings is 1. The Morgan fingerprint density at radius 1 is 1.54 bits per heavy atom. The molecule has 0 radical (unpaired) electrons. The highest BCUT2D eigenvalue weighted by atomic mass is 19.4. The zero-order chi connectivity index (χ0) is 19.3. The maximum absolute atomic E-state index is 12.6. The van der Waals surface area contributed by atoms with Gasteiger partial charge in [-0.25, -0.2) is 4.98 Å². The van der Waals surface area contributed by atoms with Crippen molar-refractivity contribution in [3.8, 4) is 5.75 Å². The number of alkyl halides is 3. The van der Waals surface area contributed by atoms with Crippen molar-refractivity contribution in [1.82, 2.24) is 4.98 Å². The van der Waals surface area contributed by atoms with Crippen LogP contribution in [0.1, 0.15) is 24.6 Å². The Hall–Kier alpha value is -2.16. The lowest BCUT2D eigenvalue weighted by molar-refractivity contribution is -0.154. The number of anilines is 1. The highest BCUT2D eigenvalue weighted by molar-refractivity contribution is 5.81. The molecule has 2 atom stereocenters. The maximum atomic E-state index is 12.6. The first-order valence-corrected chi connectivity index (χ1v) is 8.22. The Morgan fingerprint density at radius 2 is 2.27 bits per heavy atom. The van der Waals surface area contributed by atoms with Gasteiger partial charge in [-0.3, -0.25) is 9.79 Å². The number of rotatable bonds is 6. The van der Waals surface area contributed by atoms with Crippen molar-refractivity contribution in [3.05, 3.63) is 17.3 Å². The minimum Gasteiger partial charge on any atom is -0.482 e. The molecule has 2 heterocycles. The van der Waals surface area contributed by atoms with Crippen LogP contribution in [0.25, 0.3) is 0 Å². The summed E-state index contributed by atoms with van der Waals surface area (Å²) in [6.45, 7) is 5.28. The molecule has 2 rings (SSSR count). The van der Waals surface area contributed by atoms with E-state index < -0.39 is 18.7 Å². The number of nitrogens with zero attached hydrogens (tertiary/aromatic N) is 3. The Bertz CT molecular complexity index is 665. The lowest BCUT2D eigenvalue weighted by atomic mass is 10.1. The van der Waals surface area contributed by atoms with Crippen LogP contribution < -0.4 is 9.64 Å². The number of ether oxygens (including phenoxy) is 2. The van der Waals surface area contributed by atoms with Crippen LogP contribution in [0.5, 0.6) is 5.75 Å². The predicted molar refractivity (Wildman–Crippen MR) is 91.3 cm³/mol. The number of aromatic nitrogens is 1. The van der Waals surface area contributed by atoms with Crippen molar-refractivity contribution < 1.29 is 27.4 Å².